The first kappa shape index (κ1) is 21.3. The van der Waals surface area contributed by atoms with Crippen LogP contribution in [0, 0.1) is 23.0 Å². The number of ether oxygens (including phenoxy) is 1. The highest BCUT2D eigenvalue weighted by Crippen LogP contribution is 2.22. The van der Waals surface area contributed by atoms with Crippen molar-refractivity contribution in [2.45, 2.75) is 26.8 Å². The van der Waals surface area contributed by atoms with E-state index in [1.807, 2.05) is 62.4 Å². The van der Waals surface area contributed by atoms with E-state index in [4.69, 9.17) is 22.2 Å². The molecule has 0 aliphatic heterocycles. The Labute approximate surface area is 180 Å². The third-order valence-corrected chi connectivity index (χ3v) is 4.88. The number of H-pyrrole nitrogens is 1. The van der Waals surface area contributed by atoms with Crippen LogP contribution in [0.5, 0.6) is 5.75 Å². The molecule has 1 heterocycles. The van der Waals surface area contributed by atoms with Gasteiger partial charge in [0.2, 0.25) is 5.91 Å². The van der Waals surface area contributed by atoms with E-state index in [2.05, 4.69) is 16.3 Å². The molecule has 3 rings (SSSR count). The van der Waals surface area contributed by atoms with Crippen LogP contribution in [0.25, 0.3) is 11.4 Å². The van der Waals surface area contributed by atoms with E-state index in [-0.39, 0.29) is 25.4 Å². The number of nitrogens with one attached hydrogen (secondary N) is 1. The zero-order valence-corrected chi connectivity index (χ0v) is 17.8. The first-order valence-corrected chi connectivity index (χ1v) is 10.1. The molecule has 1 N–H and O–H groups in total. The van der Waals surface area contributed by atoms with Crippen molar-refractivity contribution in [3.8, 4) is 23.2 Å². The molecule has 0 fully saturated rings. The summed E-state index contributed by atoms with van der Waals surface area (Å²) in [6.45, 7) is 4.79. The molecule has 0 bridgehead atoms. The Hall–Kier alpha value is -3.44. The average molecular weight is 422 g/mol. The van der Waals surface area contributed by atoms with Gasteiger partial charge in [0, 0.05) is 17.8 Å². The molecule has 1 amide bonds. The molecule has 0 unspecified atom stereocenters. The van der Waals surface area contributed by atoms with Gasteiger partial charge in [-0.1, -0.05) is 29.8 Å². The predicted molar refractivity (Wildman–Crippen MR) is 118 cm³/mol. The number of amides is 1. The number of aromatic nitrogens is 3. The second-order valence-corrected chi connectivity index (χ2v) is 7.07. The molecular weight excluding hydrogens is 398 g/mol. The normalized spacial score (nSPS) is 10.4. The van der Waals surface area contributed by atoms with Crippen LogP contribution in [0.4, 0.5) is 5.69 Å². The summed E-state index contributed by atoms with van der Waals surface area (Å²) in [4.78, 5) is 14.8. The molecule has 3 aromatic rings. The Morgan fingerprint density at radius 2 is 1.93 bits per heavy atom. The zero-order valence-electron chi connectivity index (χ0n) is 17.0. The van der Waals surface area contributed by atoms with Crippen molar-refractivity contribution < 1.29 is 9.53 Å². The molecule has 0 aliphatic rings. The smallest absolute Gasteiger partial charge is 0.247 e. The van der Waals surface area contributed by atoms with E-state index < -0.39 is 0 Å². The molecule has 1 aromatic heterocycles. The van der Waals surface area contributed by atoms with E-state index in [1.54, 1.807) is 9.47 Å². The lowest BCUT2D eigenvalue weighted by atomic mass is 10.1. The van der Waals surface area contributed by atoms with E-state index in [0.717, 1.165) is 16.9 Å². The van der Waals surface area contributed by atoms with Crippen molar-refractivity contribution in [1.29, 1.82) is 5.26 Å². The van der Waals surface area contributed by atoms with Crippen LogP contribution in [0.1, 0.15) is 18.9 Å². The van der Waals surface area contributed by atoms with Crippen molar-refractivity contribution in [2.75, 3.05) is 18.1 Å². The fourth-order valence-electron chi connectivity index (χ4n) is 3.06. The molecule has 0 saturated carbocycles. The topological polar surface area (TPSA) is 86.9 Å². The van der Waals surface area contributed by atoms with E-state index in [0.29, 0.717) is 22.9 Å². The van der Waals surface area contributed by atoms with Crippen LogP contribution < -0.4 is 9.64 Å². The maximum Gasteiger partial charge on any atom is 0.247 e. The maximum atomic E-state index is 13.2. The van der Waals surface area contributed by atoms with Crippen molar-refractivity contribution in [3.63, 3.8) is 0 Å². The van der Waals surface area contributed by atoms with Gasteiger partial charge in [0.05, 0.1) is 19.1 Å². The minimum absolute atomic E-state index is 0.0111. The quantitative estimate of drug-likeness (QED) is 0.549. The number of benzene rings is 2. The van der Waals surface area contributed by atoms with Gasteiger partial charge in [-0.25, -0.2) is 0 Å². The molecule has 154 valence electrons. The van der Waals surface area contributed by atoms with Crippen molar-refractivity contribution in [3.05, 3.63) is 58.9 Å². The van der Waals surface area contributed by atoms with Gasteiger partial charge in [0.25, 0.3) is 0 Å². The SMILES string of the molecule is CCOc1ccc(N(CCC#N)C(=O)Cn2c(-c3ccc(C)cc3)n[nH]c2=S)cc1. The fourth-order valence-corrected chi connectivity index (χ4v) is 3.25. The standard InChI is InChI=1S/C22H23N5O2S/c1-3-29-19-11-9-18(10-12-19)26(14-4-13-23)20(28)15-27-21(24-25-22(27)30)17-7-5-16(2)6-8-17/h5-12H,3-4,14-15H2,1-2H3,(H,25,30). The van der Waals surface area contributed by atoms with Gasteiger partial charge in [-0.3, -0.25) is 14.5 Å². The Kier molecular flexibility index (Phi) is 6.99. The number of aromatic amines is 1. The lowest BCUT2D eigenvalue weighted by Crippen LogP contribution is -2.34. The number of nitrogens with zero attached hydrogens (tertiary/aromatic N) is 4. The Morgan fingerprint density at radius 1 is 1.23 bits per heavy atom. The number of rotatable bonds is 8. The van der Waals surface area contributed by atoms with Crippen LogP contribution in [-0.4, -0.2) is 33.8 Å². The van der Waals surface area contributed by atoms with Crippen LogP contribution in [0.3, 0.4) is 0 Å². The van der Waals surface area contributed by atoms with Crippen LogP contribution in [-0.2, 0) is 11.3 Å². The molecule has 30 heavy (non-hydrogen) atoms. The number of carbonyl (C=O) groups is 1. The van der Waals surface area contributed by atoms with Gasteiger partial charge in [-0.05, 0) is 50.3 Å². The third kappa shape index (κ3) is 4.93. The summed E-state index contributed by atoms with van der Waals surface area (Å²) in [5.41, 5.74) is 2.70. The number of aryl methyl sites for hydroxylation is 1. The molecular formula is C22H23N5O2S. The Morgan fingerprint density at radius 3 is 2.57 bits per heavy atom. The van der Waals surface area contributed by atoms with E-state index in [1.165, 1.54) is 0 Å². The molecule has 0 atom stereocenters. The van der Waals surface area contributed by atoms with Crippen LogP contribution in [0.2, 0.25) is 0 Å². The van der Waals surface area contributed by atoms with Gasteiger partial charge in [0.15, 0.2) is 10.6 Å². The largest absolute Gasteiger partial charge is 0.494 e. The highest BCUT2D eigenvalue weighted by Gasteiger charge is 2.19. The van der Waals surface area contributed by atoms with Gasteiger partial charge < -0.3 is 9.64 Å². The third-order valence-electron chi connectivity index (χ3n) is 4.57. The summed E-state index contributed by atoms with van der Waals surface area (Å²) in [7, 11) is 0. The lowest BCUT2D eigenvalue weighted by Gasteiger charge is -2.22. The van der Waals surface area contributed by atoms with Crippen molar-refractivity contribution >= 4 is 23.8 Å². The maximum absolute atomic E-state index is 13.2. The summed E-state index contributed by atoms with van der Waals surface area (Å²) in [5, 5.41) is 16.1. The lowest BCUT2D eigenvalue weighted by molar-refractivity contribution is -0.119. The molecule has 0 saturated heterocycles. The summed E-state index contributed by atoms with van der Waals surface area (Å²) < 4.78 is 7.51. The monoisotopic (exact) mass is 421 g/mol. The summed E-state index contributed by atoms with van der Waals surface area (Å²) in [6.07, 6.45) is 0.223. The predicted octanol–water partition coefficient (Wildman–Crippen LogP) is 4.26. The van der Waals surface area contributed by atoms with Gasteiger partial charge in [-0.2, -0.15) is 10.4 Å². The molecule has 0 radical (unpaired) electrons. The van der Waals surface area contributed by atoms with Gasteiger partial charge in [-0.15, -0.1) is 0 Å². The van der Waals surface area contributed by atoms with E-state index >= 15 is 0 Å². The molecule has 0 aliphatic carbocycles. The highest BCUT2D eigenvalue weighted by atomic mass is 32.1. The van der Waals surface area contributed by atoms with Crippen LogP contribution >= 0.6 is 12.2 Å². The summed E-state index contributed by atoms with van der Waals surface area (Å²) >= 11 is 5.36. The minimum Gasteiger partial charge on any atom is -0.494 e. The van der Waals surface area contributed by atoms with Crippen molar-refractivity contribution in [2.24, 2.45) is 0 Å². The summed E-state index contributed by atoms with van der Waals surface area (Å²) in [6, 6.07) is 17.2. The minimum atomic E-state index is -0.180. The molecule has 8 heteroatoms. The molecule has 7 nitrogen and oxygen atoms in total. The number of hydrogen-bond donors (Lipinski definition) is 1. The van der Waals surface area contributed by atoms with Gasteiger partial charge in [0.1, 0.15) is 12.3 Å². The van der Waals surface area contributed by atoms with Crippen LogP contribution in [0.15, 0.2) is 48.5 Å². The number of nitriles is 1. The average Bonchev–Trinajstić information content (AvgIpc) is 3.10. The number of carbonyl (C=O) groups excluding carboxylic acids is 1. The Balaban J connectivity index is 1.88. The second-order valence-electron chi connectivity index (χ2n) is 6.68. The van der Waals surface area contributed by atoms with Gasteiger partial charge >= 0.3 is 0 Å². The van der Waals surface area contributed by atoms with Crippen molar-refractivity contribution in [1.82, 2.24) is 14.8 Å². The molecule has 2 aromatic carbocycles. The number of hydrogen-bond acceptors (Lipinski definition) is 5. The Bertz CT molecular complexity index is 1090. The molecule has 0 spiro atoms. The first-order valence-electron chi connectivity index (χ1n) is 9.66. The summed E-state index contributed by atoms with van der Waals surface area (Å²) in [5.74, 6) is 1.15. The first-order chi connectivity index (χ1) is 14.5. The highest BCUT2D eigenvalue weighted by molar-refractivity contribution is 7.71. The fraction of sp³-hybridized carbons (Fsp3) is 0.273. The number of anilines is 1. The van der Waals surface area contributed by atoms with E-state index in [9.17, 15) is 4.79 Å². The zero-order chi connectivity index (χ0) is 21.5. The second kappa shape index (κ2) is 9.85.